The summed E-state index contributed by atoms with van der Waals surface area (Å²) < 4.78 is 6.46. The van der Waals surface area contributed by atoms with Crippen molar-refractivity contribution in [3.8, 4) is 11.8 Å². The Hall–Kier alpha value is -0.720. The minimum Gasteiger partial charge on any atom is -0.494 e. The van der Waals surface area contributed by atoms with Gasteiger partial charge in [-0.2, -0.15) is 5.26 Å². The molecule has 1 aromatic rings. The highest BCUT2D eigenvalue weighted by molar-refractivity contribution is 9.10. The third-order valence-electron chi connectivity index (χ3n) is 1.90. The third-order valence-corrected chi connectivity index (χ3v) is 2.77. The number of hydrogen-bond acceptors (Lipinski definition) is 2. The van der Waals surface area contributed by atoms with E-state index >= 15 is 0 Å². The van der Waals surface area contributed by atoms with Crippen molar-refractivity contribution in [2.45, 2.75) is 6.42 Å². The highest BCUT2D eigenvalue weighted by Gasteiger charge is 2.05. The molecule has 0 aliphatic rings. The van der Waals surface area contributed by atoms with E-state index < -0.39 is 0 Å². The zero-order valence-corrected chi connectivity index (χ0v) is 10.5. The molecule has 0 bridgehead atoms. The molecule has 1 unspecified atom stereocenters. The average molecular weight is 289 g/mol. The Morgan fingerprint density at radius 3 is 2.93 bits per heavy atom. The molecule has 0 fully saturated rings. The van der Waals surface area contributed by atoms with Gasteiger partial charge in [-0.05, 0) is 24.6 Å². The second-order valence-electron chi connectivity index (χ2n) is 3.07. The van der Waals surface area contributed by atoms with Crippen molar-refractivity contribution in [2.24, 2.45) is 5.92 Å². The van der Waals surface area contributed by atoms with Crippen LogP contribution >= 0.6 is 27.5 Å². The number of nitrogens with zero attached hydrogens (tertiary/aromatic N) is 1. The van der Waals surface area contributed by atoms with Crippen LogP contribution < -0.4 is 4.74 Å². The van der Waals surface area contributed by atoms with E-state index in [0.29, 0.717) is 18.9 Å². The fourth-order valence-corrected chi connectivity index (χ4v) is 1.65. The van der Waals surface area contributed by atoms with Crippen LogP contribution in [0.3, 0.4) is 0 Å². The summed E-state index contributed by atoms with van der Waals surface area (Å²) in [5.41, 5.74) is 0. The first-order valence-electron chi connectivity index (χ1n) is 4.60. The summed E-state index contributed by atoms with van der Waals surface area (Å²) in [6.45, 7) is 0.515. The topological polar surface area (TPSA) is 33.0 Å². The summed E-state index contributed by atoms with van der Waals surface area (Å²) in [7, 11) is 0. The molecule has 0 aliphatic carbocycles. The van der Waals surface area contributed by atoms with Crippen LogP contribution in [0.25, 0.3) is 0 Å². The van der Waals surface area contributed by atoms with Crippen LogP contribution in [0.15, 0.2) is 28.7 Å². The second-order valence-corrected chi connectivity index (χ2v) is 4.30. The average Bonchev–Trinajstić information content (AvgIpc) is 2.25. The third kappa shape index (κ3) is 4.55. The molecule has 0 aliphatic heterocycles. The van der Waals surface area contributed by atoms with Gasteiger partial charge in [-0.3, -0.25) is 0 Å². The van der Waals surface area contributed by atoms with Crippen LogP contribution in [0, 0.1) is 17.2 Å². The number of alkyl halides is 1. The van der Waals surface area contributed by atoms with Gasteiger partial charge in [-0.25, -0.2) is 0 Å². The highest BCUT2D eigenvalue weighted by atomic mass is 79.9. The summed E-state index contributed by atoms with van der Waals surface area (Å²) >= 11 is 8.95. The number of halogens is 2. The molecule has 0 saturated heterocycles. The molecular weight excluding hydrogens is 277 g/mol. The molecule has 0 heterocycles. The Balaban J connectivity index is 2.35. The SMILES string of the molecule is N#CC(CCl)CCOc1cccc(Br)c1. The molecular formula is C11H11BrClNO. The number of benzene rings is 1. The molecule has 0 amide bonds. The van der Waals surface area contributed by atoms with E-state index in [2.05, 4.69) is 22.0 Å². The Morgan fingerprint density at radius 2 is 2.33 bits per heavy atom. The summed E-state index contributed by atoms with van der Waals surface area (Å²) in [6, 6.07) is 9.74. The molecule has 0 aromatic heterocycles. The van der Waals surface area contributed by atoms with Gasteiger partial charge in [0.2, 0.25) is 0 Å². The first-order valence-corrected chi connectivity index (χ1v) is 5.93. The quantitative estimate of drug-likeness (QED) is 0.776. The van der Waals surface area contributed by atoms with Gasteiger partial charge in [0, 0.05) is 10.4 Å². The predicted octanol–water partition coefficient (Wildman–Crippen LogP) is 3.60. The van der Waals surface area contributed by atoms with Gasteiger partial charge >= 0.3 is 0 Å². The van der Waals surface area contributed by atoms with E-state index in [1.54, 1.807) is 0 Å². The molecule has 0 radical (unpaired) electrons. The standard InChI is InChI=1S/C11H11BrClNO/c12-10-2-1-3-11(6-10)15-5-4-9(7-13)8-14/h1-3,6,9H,4-5,7H2. The minimum atomic E-state index is -0.126. The molecule has 0 spiro atoms. The number of ether oxygens (including phenoxy) is 1. The van der Waals surface area contributed by atoms with Crippen molar-refractivity contribution in [3.05, 3.63) is 28.7 Å². The van der Waals surface area contributed by atoms with E-state index in [1.165, 1.54) is 0 Å². The normalized spacial score (nSPS) is 11.8. The van der Waals surface area contributed by atoms with Crippen LogP contribution in [0.4, 0.5) is 0 Å². The maximum Gasteiger partial charge on any atom is 0.120 e. The van der Waals surface area contributed by atoms with E-state index in [-0.39, 0.29) is 5.92 Å². The van der Waals surface area contributed by atoms with Crippen LogP contribution in [0.2, 0.25) is 0 Å². The fraction of sp³-hybridized carbons (Fsp3) is 0.364. The van der Waals surface area contributed by atoms with Crippen LogP contribution in [-0.4, -0.2) is 12.5 Å². The zero-order chi connectivity index (χ0) is 11.1. The number of nitriles is 1. The monoisotopic (exact) mass is 287 g/mol. The van der Waals surface area contributed by atoms with E-state index in [9.17, 15) is 0 Å². The lowest BCUT2D eigenvalue weighted by atomic mass is 10.1. The summed E-state index contributed by atoms with van der Waals surface area (Å²) in [4.78, 5) is 0. The Bertz CT molecular complexity index is 351. The number of hydrogen-bond donors (Lipinski definition) is 0. The first-order chi connectivity index (χ1) is 7.26. The van der Waals surface area contributed by atoms with E-state index in [4.69, 9.17) is 21.6 Å². The maximum atomic E-state index is 8.67. The van der Waals surface area contributed by atoms with Gasteiger partial charge in [0.05, 0.1) is 18.6 Å². The largest absolute Gasteiger partial charge is 0.494 e. The molecule has 0 saturated carbocycles. The number of rotatable bonds is 5. The van der Waals surface area contributed by atoms with Gasteiger partial charge in [0.25, 0.3) is 0 Å². The lowest BCUT2D eigenvalue weighted by molar-refractivity contribution is 0.298. The molecule has 1 rings (SSSR count). The fourth-order valence-electron chi connectivity index (χ4n) is 1.05. The summed E-state index contributed by atoms with van der Waals surface area (Å²) in [5.74, 6) is 1.03. The molecule has 15 heavy (non-hydrogen) atoms. The summed E-state index contributed by atoms with van der Waals surface area (Å²) in [6.07, 6.45) is 0.659. The minimum absolute atomic E-state index is 0.126. The molecule has 4 heteroatoms. The van der Waals surface area contributed by atoms with E-state index in [1.807, 2.05) is 24.3 Å². The predicted molar refractivity (Wildman–Crippen MR) is 64.1 cm³/mol. The Morgan fingerprint density at radius 1 is 1.53 bits per heavy atom. The van der Waals surface area contributed by atoms with Crippen molar-refractivity contribution in [1.29, 1.82) is 5.26 Å². The molecule has 80 valence electrons. The van der Waals surface area contributed by atoms with Crippen molar-refractivity contribution in [2.75, 3.05) is 12.5 Å². The highest BCUT2D eigenvalue weighted by Crippen LogP contribution is 2.18. The van der Waals surface area contributed by atoms with Crippen LogP contribution in [0.5, 0.6) is 5.75 Å². The molecule has 1 atom stereocenters. The zero-order valence-electron chi connectivity index (χ0n) is 8.12. The van der Waals surface area contributed by atoms with Crippen molar-refractivity contribution in [1.82, 2.24) is 0 Å². The van der Waals surface area contributed by atoms with Gasteiger partial charge in [0.1, 0.15) is 5.75 Å². The first kappa shape index (κ1) is 12.4. The second kappa shape index (κ2) is 6.71. The van der Waals surface area contributed by atoms with Crippen molar-refractivity contribution in [3.63, 3.8) is 0 Å². The van der Waals surface area contributed by atoms with Gasteiger partial charge in [0.15, 0.2) is 0 Å². The Kier molecular flexibility index (Phi) is 5.52. The lowest BCUT2D eigenvalue weighted by Crippen LogP contribution is -2.06. The Labute approximate surface area is 103 Å². The molecule has 2 nitrogen and oxygen atoms in total. The van der Waals surface area contributed by atoms with Crippen molar-refractivity contribution >= 4 is 27.5 Å². The van der Waals surface area contributed by atoms with Gasteiger partial charge < -0.3 is 4.74 Å². The van der Waals surface area contributed by atoms with Gasteiger partial charge in [-0.1, -0.05) is 22.0 Å². The molecule has 1 aromatic carbocycles. The smallest absolute Gasteiger partial charge is 0.120 e. The lowest BCUT2D eigenvalue weighted by Gasteiger charge is -2.07. The van der Waals surface area contributed by atoms with Crippen LogP contribution in [-0.2, 0) is 0 Å². The molecule has 0 N–H and O–H groups in total. The van der Waals surface area contributed by atoms with Crippen LogP contribution in [0.1, 0.15) is 6.42 Å². The summed E-state index contributed by atoms with van der Waals surface area (Å²) in [5, 5.41) is 8.67. The van der Waals surface area contributed by atoms with Gasteiger partial charge in [-0.15, -0.1) is 11.6 Å². The van der Waals surface area contributed by atoms with E-state index in [0.717, 1.165) is 10.2 Å². The maximum absolute atomic E-state index is 8.67. The van der Waals surface area contributed by atoms with Crippen molar-refractivity contribution < 1.29 is 4.74 Å².